The highest BCUT2D eigenvalue weighted by molar-refractivity contribution is 5.62. The molecular weight excluding hydrogens is 332 g/mol. The van der Waals surface area contributed by atoms with Crippen molar-refractivity contribution in [1.29, 1.82) is 0 Å². The Kier molecular flexibility index (Phi) is 4.35. The van der Waals surface area contributed by atoms with E-state index in [4.69, 9.17) is 4.74 Å². The summed E-state index contributed by atoms with van der Waals surface area (Å²) in [6.45, 7) is 5.30. The van der Waals surface area contributed by atoms with Crippen LogP contribution in [0, 0.1) is 0 Å². The lowest BCUT2D eigenvalue weighted by molar-refractivity contribution is 0.264. The third-order valence-electron chi connectivity index (χ3n) is 6.74. The van der Waals surface area contributed by atoms with Crippen molar-refractivity contribution in [2.24, 2.45) is 0 Å². The van der Waals surface area contributed by atoms with Gasteiger partial charge in [-0.1, -0.05) is 37.3 Å². The first-order valence-electron chi connectivity index (χ1n) is 10.5. The van der Waals surface area contributed by atoms with E-state index >= 15 is 0 Å². The van der Waals surface area contributed by atoms with Crippen LogP contribution in [-0.2, 0) is 6.42 Å². The van der Waals surface area contributed by atoms with Crippen LogP contribution in [0.4, 0.5) is 5.69 Å². The Labute approximate surface area is 162 Å². The fourth-order valence-electron chi connectivity index (χ4n) is 5.04. The van der Waals surface area contributed by atoms with Crippen LogP contribution in [0.15, 0.2) is 42.5 Å². The van der Waals surface area contributed by atoms with Gasteiger partial charge in [0.1, 0.15) is 5.75 Å². The van der Waals surface area contributed by atoms with Crippen LogP contribution in [0.2, 0.25) is 0 Å². The van der Waals surface area contributed by atoms with Gasteiger partial charge in [-0.2, -0.15) is 0 Å². The minimum absolute atomic E-state index is 0.627. The highest BCUT2D eigenvalue weighted by Crippen LogP contribution is 2.43. The van der Waals surface area contributed by atoms with Crippen LogP contribution in [0.5, 0.6) is 5.75 Å². The Morgan fingerprint density at radius 1 is 1.07 bits per heavy atom. The standard InChI is InChI=1S/C24H30N2O/c1-3-26-15-20(18-10-11-24-23(14-18)25(2)16-27-24)13-21(26)12-19-6-4-5-7-22(19)17-8-9-17/h4-7,10-11,14,17,20-21H,3,8-9,12-13,15-16H2,1-2H3. The molecule has 3 aliphatic rings. The molecule has 1 saturated carbocycles. The lowest BCUT2D eigenvalue weighted by atomic mass is 9.91. The van der Waals surface area contributed by atoms with Crippen molar-refractivity contribution < 1.29 is 4.74 Å². The summed E-state index contributed by atoms with van der Waals surface area (Å²) >= 11 is 0. The largest absolute Gasteiger partial charge is 0.471 e. The summed E-state index contributed by atoms with van der Waals surface area (Å²) in [5, 5.41) is 0. The Morgan fingerprint density at radius 2 is 1.93 bits per heavy atom. The summed E-state index contributed by atoms with van der Waals surface area (Å²) in [6.07, 6.45) is 5.22. The van der Waals surface area contributed by atoms with E-state index in [0.717, 1.165) is 18.2 Å². The first-order chi connectivity index (χ1) is 13.2. The predicted molar refractivity (Wildman–Crippen MR) is 111 cm³/mol. The van der Waals surface area contributed by atoms with Crippen LogP contribution >= 0.6 is 0 Å². The summed E-state index contributed by atoms with van der Waals surface area (Å²) in [7, 11) is 2.11. The summed E-state index contributed by atoms with van der Waals surface area (Å²) in [5.74, 6) is 2.49. The smallest absolute Gasteiger partial charge is 0.161 e. The van der Waals surface area contributed by atoms with E-state index in [-0.39, 0.29) is 0 Å². The number of hydrogen-bond donors (Lipinski definition) is 0. The average Bonchev–Trinajstić information content (AvgIpc) is 3.37. The zero-order valence-electron chi connectivity index (χ0n) is 16.5. The number of likely N-dealkylation sites (tertiary alicyclic amines) is 1. The Balaban J connectivity index is 1.36. The van der Waals surface area contributed by atoms with Gasteiger partial charge in [0.15, 0.2) is 6.73 Å². The maximum atomic E-state index is 5.73. The van der Waals surface area contributed by atoms with E-state index in [2.05, 4.69) is 66.2 Å². The third-order valence-corrected chi connectivity index (χ3v) is 6.74. The van der Waals surface area contributed by atoms with Crippen molar-refractivity contribution in [2.45, 2.75) is 50.5 Å². The maximum Gasteiger partial charge on any atom is 0.161 e. The van der Waals surface area contributed by atoms with Gasteiger partial charge < -0.3 is 9.64 Å². The number of anilines is 1. The van der Waals surface area contributed by atoms with Crippen LogP contribution in [-0.4, -0.2) is 37.8 Å². The van der Waals surface area contributed by atoms with Crippen LogP contribution < -0.4 is 9.64 Å². The summed E-state index contributed by atoms with van der Waals surface area (Å²) in [4.78, 5) is 4.90. The van der Waals surface area contributed by atoms with Crippen LogP contribution in [0.1, 0.15) is 54.7 Å². The van der Waals surface area contributed by atoms with Gasteiger partial charge >= 0.3 is 0 Å². The van der Waals surface area contributed by atoms with Crippen LogP contribution in [0.25, 0.3) is 0 Å². The molecule has 2 fully saturated rings. The molecular formula is C24H30N2O. The molecule has 0 radical (unpaired) electrons. The minimum Gasteiger partial charge on any atom is -0.471 e. The highest BCUT2D eigenvalue weighted by atomic mass is 16.5. The Hall–Kier alpha value is -2.00. The second-order valence-corrected chi connectivity index (χ2v) is 8.55. The van der Waals surface area contributed by atoms with Crippen molar-refractivity contribution in [3.8, 4) is 5.75 Å². The highest BCUT2D eigenvalue weighted by Gasteiger charge is 2.34. The lowest BCUT2D eigenvalue weighted by Crippen LogP contribution is -2.31. The van der Waals surface area contributed by atoms with E-state index < -0.39 is 0 Å². The second kappa shape index (κ2) is 6.87. The van der Waals surface area contributed by atoms with E-state index in [1.54, 1.807) is 11.1 Å². The second-order valence-electron chi connectivity index (χ2n) is 8.55. The number of likely N-dealkylation sites (N-methyl/N-ethyl adjacent to an activating group) is 1. The molecule has 0 amide bonds. The van der Waals surface area contributed by atoms with Gasteiger partial charge in [0.2, 0.25) is 0 Å². The number of benzene rings is 2. The van der Waals surface area contributed by atoms with Gasteiger partial charge in [0.05, 0.1) is 5.69 Å². The molecule has 2 aliphatic heterocycles. The molecule has 0 N–H and O–H groups in total. The zero-order valence-corrected chi connectivity index (χ0v) is 16.5. The Morgan fingerprint density at radius 3 is 2.74 bits per heavy atom. The summed E-state index contributed by atoms with van der Waals surface area (Å²) < 4.78 is 5.73. The molecule has 5 rings (SSSR count). The number of ether oxygens (including phenoxy) is 1. The van der Waals surface area contributed by atoms with Crippen LogP contribution in [0.3, 0.4) is 0 Å². The molecule has 2 unspecified atom stereocenters. The van der Waals surface area contributed by atoms with Crippen molar-refractivity contribution in [2.75, 3.05) is 31.8 Å². The van der Waals surface area contributed by atoms with E-state index in [0.29, 0.717) is 18.7 Å². The molecule has 0 aromatic heterocycles. The zero-order chi connectivity index (χ0) is 18.4. The topological polar surface area (TPSA) is 15.7 Å². The number of nitrogens with zero attached hydrogens (tertiary/aromatic N) is 2. The molecule has 2 aromatic rings. The molecule has 2 aromatic carbocycles. The predicted octanol–water partition coefficient (Wildman–Crippen LogP) is 4.77. The van der Waals surface area contributed by atoms with Crippen molar-refractivity contribution >= 4 is 5.69 Å². The number of rotatable bonds is 5. The SMILES string of the molecule is CCN1CC(c2ccc3c(c2)N(C)CO3)CC1Cc1ccccc1C1CC1. The van der Waals surface area contributed by atoms with Gasteiger partial charge in [-0.3, -0.25) is 4.90 Å². The fraction of sp³-hybridized carbons (Fsp3) is 0.500. The molecule has 2 atom stereocenters. The fourth-order valence-corrected chi connectivity index (χ4v) is 5.04. The van der Waals surface area contributed by atoms with E-state index in [1.807, 2.05) is 0 Å². The van der Waals surface area contributed by atoms with Gasteiger partial charge in [-0.25, -0.2) is 0 Å². The van der Waals surface area contributed by atoms with Gasteiger partial charge in [0, 0.05) is 19.6 Å². The van der Waals surface area contributed by atoms with Crippen molar-refractivity contribution in [3.63, 3.8) is 0 Å². The average molecular weight is 363 g/mol. The molecule has 3 heteroatoms. The summed E-state index contributed by atoms with van der Waals surface area (Å²) in [6, 6.07) is 16.7. The monoisotopic (exact) mass is 362 g/mol. The molecule has 2 heterocycles. The van der Waals surface area contributed by atoms with E-state index in [9.17, 15) is 0 Å². The lowest BCUT2D eigenvalue weighted by Gasteiger charge is -2.23. The molecule has 1 saturated heterocycles. The van der Waals surface area contributed by atoms with Gasteiger partial charge in [-0.05, 0) is 72.9 Å². The number of fused-ring (bicyclic) bond motifs is 1. The first kappa shape index (κ1) is 17.1. The third kappa shape index (κ3) is 3.23. The minimum atomic E-state index is 0.627. The molecule has 1 aliphatic carbocycles. The number of hydrogen-bond acceptors (Lipinski definition) is 3. The quantitative estimate of drug-likeness (QED) is 0.762. The van der Waals surface area contributed by atoms with Gasteiger partial charge in [-0.15, -0.1) is 0 Å². The first-order valence-corrected chi connectivity index (χ1v) is 10.5. The Bertz CT molecular complexity index is 829. The molecule has 27 heavy (non-hydrogen) atoms. The molecule has 0 bridgehead atoms. The van der Waals surface area contributed by atoms with Gasteiger partial charge in [0.25, 0.3) is 0 Å². The van der Waals surface area contributed by atoms with Crippen molar-refractivity contribution in [3.05, 3.63) is 59.2 Å². The normalized spacial score (nSPS) is 24.9. The van der Waals surface area contributed by atoms with Crippen molar-refractivity contribution in [1.82, 2.24) is 4.90 Å². The molecule has 142 valence electrons. The maximum absolute atomic E-state index is 5.73. The molecule has 0 spiro atoms. The summed E-state index contributed by atoms with van der Waals surface area (Å²) in [5.41, 5.74) is 5.93. The van der Waals surface area contributed by atoms with E-state index in [1.165, 1.54) is 43.5 Å². The molecule has 3 nitrogen and oxygen atoms in total.